The molecule has 1 fully saturated rings. The number of hydrogen-bond donors (Lipinski definition) is 1. The van der Waals surface area contributed by atoms with E-state index >= 15 is 0 Å². The lowest BCUT2D eigenvalue weighted by molar-refractivity contribution is 0.360. The summed E-state index contributed by atoms with van der Waals surface area (Å²) in [6.07, 6.45) is 3.38. The molecular weight excluding hydrogens is 306 g/mol. The van der Waals surface area contributed by atoms with E-state index in [2.05, 4.69) is 31.4 Å². The van der Waals surface area contributed by atoms with Crippen LogP contribution in [0.1, 0.15) is 18.7 Å². The lowest BCUT2D eigenvalue weighted by Gasteiger charge is -2.20. The third kappa shape index (κ3) is 3.22. The Hall–Kier alpha value is -1.20. The molecule has 3 rings (SSSR count). The molecule has 1 unspecified atom stereocenters. The van der Waals surface area contributed by atoms with Gasteiger partial charge in [-0.05, 0) is 56.1 Å². The zero-order valence-corrected chi connectivity index (χ0v) is 12.2. The van der Waals surface area contributed by atoms with Gasteiger partial charge in [-0.3, -0.25) is 0 Å². The Morgan fingerprint density at radius 2 is 2.16 bits per heavy atom. The summed E-state index contributed by atoms with van der Waals surface area (Å²) in [5, 5.41) is 7.49. The van der Waals surface area contributed by atoms with Crippen molar-refractivity contribution in [2.75, 3.05) is 13.1 Å². The first-order valence-corrected chi connectivity index (χ1v) is 7.40. The number of hydrogen-bond acceptors (Lipinski definition) is 4. The maximum absolute atomic E-state index is 5.34. The number of nitrogens with one attached hydrogen (secondary N) is 1. The van der Waals surface area contributed by atoms with Crippen LogP contribution in [0, 0.1) is 5.92 Å². The Labute approximate surface area is 120 Å². The van der Waals surface area contributed by atoms with Crippen molar-refractivity contribution in [2.24, 2.45) is 5.92 Å². The van der Waals surface area contributed by atoms with Gasteiger partial charge in [-0.2, -0.15) is 4.98 Å². The summed E-state index contributed by atoms with van der Waals surface area (Å²) >= 11 is 3.42. The fraction of sp³-hybridized carbons (Fsp3) is 0.429. The van der Waals surface area contributed by atoms with Crippen LogP contribution in [0.5, 0.6) is 0 Å². The monoisotopic (exact) mass is 321 g/mol. The molecule has 2 aromatic rings. The predicted molar refractivity (Wildman–Crippen MR) is 76.7 cm³/mol. The van der Waals surface area contributed by atoms with E-state index in [0.29, 0.717) is 11.8 Å². The van der Waals surface area contributed by atoms with E-state index in [1.54, 1.807) is 0 Å². The van der Waals surface area contributed by atoms with E-state index in [4.69, 9.17) is 4.52 Å². The maximum Gasteiger partial charge on any atom is 0.257 e. The maximum atomic E-state index is 5.34. The number of aromatic nitrogens is 2. The Kier molecular flexibility index (Phi) is 3.94. The largest absolute Gasteiger partial charge is 0.334 e. The van der Waals surface area contributed by atoms with Gasteiger partial charge in [-0.25, -0.2) is 0 Å². The quantitative estimate of drug-likeness (QED) is 0.944. The zero-order valence-electron chi connectivity index (χ0n) is 10.6. The minimum Gasteiger partial charge on any atom is -0.334 e. The van der Waals surface area contributed by atoms with Crippen LogP contribution in [0.25, 0.3) is 11.5 Å². The SMILES string of the molecule is Brc1ccc(-c2nc(CC3CCCNC3)no2)cc1. The first-order valence-electron chi connectivity index (χ1n) is 6.60. The zero-order chi connectivity index (χ0) is 13.1. The summed E-state index contributed by atoms with van der Waals surface area (Å²) in [5.74, 6) is 2.04. The van der Waals surface area contributed by atoms with Gasteiger partial charge in [0, 0.05) is 16.5 Å². The molecule has 0 amide bonds. The molecule has 0 saturated carbocycles. The van der Waals surface area contributed by atoms with Crippen molar-refractivity contribution in [3.63, 3.8) is 0 Å². The minimum absolute atomic E-state index is 0.603. The molecule has 1 saturated heterocycles. The van der Waals surface area contributed by atoms with Crippen molar-refractivity contribution in [2.45, 2.75) is 19.3 Å². The highest BCUT2D eigenvalue weighted by Crippen LogP contribution is 2.21. The lowest BCUT2D eigenvalue weighted by atomic mass is 9.96. The third-order valence-electron chi connectivity index (χ3n) is 3.43. The number of nitrogens with zero attached hydrogens (tertiary/aromatic N) is 2. The second-order valence-electron chi connectivity index (χ2n) is 4.94. The van der Waals surface area contributed by atoms with Crippen molar-refractivity contribution >= 4 is 15.9 Å². The molecule has 5 heteroatoms. The Morgan fingerprint density at radius 1 is 1.32 bits per heavy atom. The molecule has 100 valence electrons. The average molecular weight is 322 g/mol. The summed E-state index contributed by atoms with van der Waals surface area (Å²) in [6.45, 7) is 2.19. The highest BCUT2D eigenvalue weighted by atomic mass is 79.9. The number of halogens is 1. The second-order valence-corrected chi connectivity index (χ2v) is 5.85. The number of benzene rings is 1. The second kappa shape index (κ2) is 5.84. The summed E-state index contributed by atoms with van der Waals surface area (Å²) in [4.78, 5) is 4.48. The topological polar surface area (TPSA) is 51.0 Å². The van der Waals surface area contributed by atoms with Crippen LogP contribution in [0.4, 0.5) is 0 Å². The van der Waals surface area contributed by atoms with Crippen LogP contribution in [-0.4, -0.2) is 23.2 Å². The van der Waals surface area contributed by atoms with Crippen LogP contribution in [0.2, 0.25) is 0 Å². The number of piperidine rings is 1. The summed E-state index contributed by atoms with van der Waals surface area (Å²) < 4.78 is 6.38. The molecule has 1 aliphatic heterocycles. The van der Waals surface area contributed by atoms with Gasteiger partial charge in [0.05, 0.1) is 0 Å². The molecule has 1 aromatic carbocycles. The van der Waals surface area contributed by atoms with E-state index in [-0.39, 0.29) is 0 Å². The minimum atomic E-state index is 0.603. The van der Waals surface area contributed by atoms with Crippen molar-refractivity contribution in [3.05, 3.63) is 34.6 Å². The molecule has 0 spiro atoms. The van der Waals surface area contributed by atoms with Crippen molar-refractivity contribution in [1.29, 1.82) is 0 Å². The molecule has 4 nitrogen and oxygen atoms in total. The van der Waals surface area contributed by atoms with Gasteiger partial charge >= 0.3 is 0 Å². The third-order valence-corrected chi connectivity index (χ3v) is 3.96. The van der Waals surface area contributed by atoms with Crippen LogP contribution in [0.3, 0.4) is 0 Å². The fourth-order valence-electron chi connectivity index (χ4n) is 2.40. The molecular formula is C14H16BrN3O. The van der Waals surface area contributed by atoms with Crippen molar-refractivity contribution < 1.29 is 4.52 Å². The molecule has 1 aromatic heterocycles. The molecule has 1 N–H and O–H groups in total. The normalized spacial score (nSPS) is 19.5. The van der Waals surface area contributed by atoms with E-state index in [1.807, 2.05) is 24.3 Å². The van der Waals surface area contributed by atoms with Crippen LogP contribution in [-0.2, 0) is 6.42 Å². The van der Waals surface area contributed by atoms with Crippen LogP contribution < -0.4 is 5.32 Å². The Bertz CT molecular complexity index is 532. The van der Waals surface area contributed by atoms with Gasteiger partial charge in [-0.1, -0.05) is 21.1 Å². The van der Waals surface area contributed by atoms with Gasteiger partial charge in [0.25, 0.3) is 5.89 Å². The lowest BCUT2D eigenvalue weighted by Crippen LogP contribution is -2.31. The average Bonchev–Trinajstić information content (AvgIpc) is 2.89. The molecule has 1 aliphatic rings. The van der Waals surface area contributed by atoms with E-state index in [9.17, 15) is 0 Å². The number of rotatable bonds is 3. The molecule has 0 bridgehead atoms. The Morgan fingerprint density at radius 3 is 2.89 bits per heavy atom. The van der Waals surface area contributed by atoms with Crippen LogP contribution in [0.15, 0.2) is 33.3 Å². The highest BCUT2D eigenvalue weighted by Gasteiger charge is 2.17. The fourth-order valence-corrected chi connectivity index (χ4v) is 2.67. The van der Waals surface area contributed by atoms with Gasteiger partial charge in [0.1, 0.15) is 0 Å². The van der Waals surface area contributed by atoms with Crippen molar-refractivity contribution in [3.8, 4) is 11.5 Å². The van der Waals surface area contributed by atoms with Gasteiger partial charge in [0.2, 0.25) is 0 Å². The molecule has 2 heterocycles. The van der Waals surface area contributed by atoms with Gasteiger partial charge in [-0.15, -0.1) is 0 Å². The molecule has 19 heavy (non-hydrogen) atoms. The van der Waals surface area contributed by atoms with E-state index < -0.39 is 0 Å². The first kappa shape index (κ1) is 12.8. The molecule has 1 atom stereocenters. The standard InChI is InChI=1S/C14H16BrN3O/c15-12-5-3-11(4-6-12)14-17-13(18-19-14)8-10-2-1-7-16-9-10/h3-6,10,16H,1-2,7-9H2. The van der Waals surface area contributed by atoms with Gasteiger partial charge < -0.3 is 9.84 Å². The smallest absolute Gasteiger partial charge is 0.257 e. The summed E-state index contributed by atoms with van der Waals surface area (Å²) in [6, 6.07) is 7.90. The van der Waals surface area contributed by atoms with Crippen LogP contribution >= 0.6 is 15.9 Å². The highest BCUT2D eigenvalue weighted by molar-refractivity contribution is 9.10. The van der Waals surface area contributed by atoms with E-state index in [0.717, 1.165) is 35.4 Å². The van der Waals surface area contributed by atoms with E-state index in [1.165, 1.54) is 12.8 Å². The summed E-state index contributed by atoms with van der Waals surface area (Å²) in [5.41, 5.74) is 0.962. The molecule has 0 radical (unpaired) electrons. The predicted octanol–water partition coefficient (Wildman–Crippen LogP) is 3.04. The first-order chi connectivity index (χ1) is 9.31. The Balaban J connectivity index is 1.70. The van der Waals surface area contributed by atoms with Crippen molar-refractivity contribution in [1.82, 2.24) is 15.5 Å². The van der Waals surface area contributed by atoms with Gasteiger partial charge in [0.15, 0.2) is 5.82 Å². The molecule has 0 aliphatic carbocycles. The summed E-state index contributed by atoms with van der Waals surface area (Å²) in [7, 11) is 0.